The van der Waals surface area contributed by atoms with Gasteiger partial charge in [0.05, 0.1) is 4.91 Å². The van der Waals surface area contributed by atoms with Crippen molar-refractivity contribution in [2.24, 2.45) is 23.7 Å². The van der Waals surface area contributed by atoms with Crippen molar-refractivity contribution in [1.82, 2.24) is 9.88 Å². The first-order valence-corrected chi connectivity index (χ1v) is 15.0. The summed E-state index contributed by atoms with van der Waals surface area (Å²) < 4.78 is 0.734. The number of aromatic nitrogens is 1. The largest absolute Gasteiger partial charge is 0.396 e. The van der Waals surface area contributed by atoms with Crippen LogP contribution in [0.4, 0.5) is 0 Å². The Morgan fingerprint density at radius 2 is 1.75 bits per heavy atom. The molecule has 0 atom stereocenters. The van der Waals surface area contributed by atoms with Crippen LogP contribution in [0.15, 0.2) is 35.2 Å². The molecule has 2 N–H and O–H groups in total. The monoisotopic (exact) mass is 540 g/mol. The highest BCUT2D eigenvalue weighted by Gasteiger charge is 2.53. The van der Waals surface area contributed by atoms with E-state index in [0.717, 1.165) is 63.7 Å². The summed E-state index contributed by atoms with van der Waals surface area (Å²) in [5.74, 6) is 3.07. The van der Waals surface area contributed by atoms with Crippen molar-refractivity contribution >= 4 is 51.9 Å². The van der Waals surface area contributed by atoms with Crippen molar-refractivity contribution in [3.63, 3.8) is 0 Å². The summed E-state index contributed by atoms with van der Waals surface area (Å²) in [4.78, 5) is 20.1. The molecule has 190 valence electrons. The number of carbonyl (C=O) groups excluding carboxylic acids is 1. The van der Waals surface area contributed by atoms with E-state index in [9.17, 15) is 4.79 Å². The van der Waals surface area contributed by atoms with Crippen molar-refractivity contribution in [3.05, 3.63) is 51.5 Å². The lowest BCUT2D eigenvalue weighted by Gasteiger charge is -2.56. The van der Waals surface area contributed by atoms with Gasteiger partial charge in [-0.3, -0.25) is 9.69 Å². The predicted octanol–water partition coefficient (Wildman–Crippen LogP) is 7.07. The van der Waals surface area contributed by atoms with Crippen LogP contribution < -0.4 is 0 Å². The Labute approximate surface area is 227 Å². The third kappa shape index (κ3) is 4.70. The van der Waals surface area contributed by atoms with E-state index in [1.54, 1.807) is 0 Å². The fourth-order valence-electron chi connectivity index (χ4n) is 7.42. The Morgan fingerprint density at radius 3 is 2.42 bits per heavy atom. The van der Waals surface area contributed by atoms with Crippen LogP contribution in [-0.4, -0.2) is 37.9 Å². The highest BCUT2D eigenvalue weighted by atomic mass is 35.5. The van der Waals surface area contributed by atoms with Crippen molar-refractivity contribution in [2.45, 2.75) is 63.8 Å². The number of halogens is 1. The molecule has 4 saturated carbocycles. The topological polar surface area (TPSA) is 56.3 Å². The molecule has 4 aliphatic carbocycles. The minimum absolute atomic E-state index is 0.0938. The lowest BCUT2D eigenvalue weighted by molar-refractivity contribution is -0.130. The summed E-state index contributed by atoms with van der Waals surface area (Å²) in [6.07, 6.45) is 12.2. The van der Waals surface area contributed by atoms with Crippen LogP contribution in [0.3, 0.4) is 0 Å². The Morgan fingerprint density at radius 1 is 1.06 bits per heavy atom. The zero-order valence-corrected chi connectivity index (χ0v) is 22.8. The number of amides is 1. The van der Waals surface area contributed by atoms with E-state index in [4.69, 9.17) is 28.9 Å². The molecule has 1 aromatic carbocycles. The second-order valence-corrected chi connectivity index (χ2v) is 13.2. The van der Waals surface area contributed by atoms with Gasteiger partial charge in [0, 0.05) is 29.1 Å². The SMILES string of the molecule is O=C1/C(=C/c2[nH]c(-c3ccc(Cl)cc3)cc2CCCCCO)SC(=S)N1C1C2CC3CC(C2)CC1C3. The van der Waals surface area contributed by atoms with Gasteiger partial charge in [-0.2, -0.15) is 0 Å². The first-order chi connectivity index (χ1) is 17.5. The molecule has 1 aromatic heterocycles. The first-order valence-electron chi connectivity index (χ1n) is 13.4. The van der Waals surface area contributed by atoms with E-state index in [1.165, 1.54) is 49.4 Å². The number of unbranched alkanes of at least 4 members (excludes halogenated alkanes) is 2. The van der Waals surface area contributed by atoms with Gasteiger partial charge in [-0.15, -0.1) is 0 Å². The van der Waals surface area contributed by atoms with E-state index < -0.39 is 0 Å². The molecule has 1 amide bonds. The fraction of sp³-hybridized carbons (Fsp3) is 0.517. The number of H-pyrrole nitrogens is 1. The third-order valence-electron chi connectivity index (χ3n) is 8.77. The number of thioether (sulfide) groups is 1. The highest BCUT2D eigenvalue weighted by Crippen LogP contribution is 2.56. The van der Waals surface area contributed by atoms with Crippen LogP contribution in [0, 0.1) is 23.7 Å². The van der Waals surface area contributed by atoms with E-state index in [-0.39, 0.29) is 12.5 Å². The number of benzene rings is 1. The number of aliphatic hydroxyl groups is 1. The van der Waals surface area contributed by atoms with Crippen molar-refractivity contribution in [2.75, 3.05) is 6.61 Å². The number of hydrogen-bond acceptors (Lipinski definition) is 4. The third-order valence-corrected chi connectivity index (χ3v) is 10.3. The molecule has 0 radical (unpaired) electrons. The van der Waals surface area contributed by atoms with Crippen molar-refractivity contribution < 1.29 is 9.90 Å². The molecule has 5 fully saturated rings. The van der Waals surface area contributed by atoms with Gasteiger partial charge in [0.25, 0.3) is 5.91 Å². The van der Waals surface area contributed by atoms with Gasteiger partial charge >= 0.3 is 0 Å². The lowest BCUT2D eigenvalue weighted by Crippen LogP contribution is -2.57. The number of carbonyl (C=O) groups is 1. The smallest absolute Gasteiger partial charge is 0.266 e. The van der Waals surface area contributed by atoms with Gasteiger partial charge in [-0.05, 0) is 110 Å². The number of hydrogen-bond donors (Lipinski definition) is 2. The number of aliphatic hydroxyl groups excluding tert-OH is 1. The van der Waals surface area contributed by atoms with Crippen LogP contribution in [0.25, 0.3) is 17.3 Å². The Bertz CT molecular complexity index is 1160. The zero-order valence-electron chi connectivity index (χ0n) is 20.4. The quantitative estimate of drug-likeness (QED) is 0.214. The number of aryl methyl sites for hydroxylation is 1. The minimum atomic E-state index is 0.0938. The molecule has 7 heteroatoms. The van der Waals surface area contributed by atoms with E-state index in [0.29, 0.717) is 22.9 Å². The number of nitrogens with one attached hydrogen (secondary N) is 1. The number of thiocarbonyl (C=S) groups is 1. The Kier molecular flexibility index (Phi) is 7.06. The molecule has 7 rings (SSSR count). The van der Waals surface area contributed by atoms with Gasteiger partial charge in [0.1, 0.15) is 4.32 Å². The average molecular weight is 541 g/mol. The molecule has 2 aromatic rings. The summed E-state index contributed by atoms with van der Waals surface area (Å²) in [6, 6.07) is 10.3. The summed E-state index contributed by atoms with van der Waals surface area (Å²) in [5, 5.41) is 9.87. The molecule has 4 bridgehead atoms. The molecular weight excluding hydrogens is 508 g/mol. The van der Waals surface area contributed by atoms with Crippen LogP contribution >= 0.6 is 35.6 Å². The van der Waals surface area contributed by atoms with Crippen LogP contribution in [-0.2, 0) is 11.2 Å². The van der Waals surface area contributed by atoms with Gasteiger partial charge in [0.2, 0.25) is 0 Å². The summed E-state index contributed by atoms with van der Waals surface area (Å²) >= 11 is 13.4. The molecule has 36 heavy (non-hydrogen) atoms. The van der Waals surface area contributed by atoms with Gasteiger partial charge in [-0.1, -0.05) is 54.1 Å². The van der Waals surface area contributed by atoms with E-state index in [2.05, 4.69) is 11.1 Å². The second-order valence-electron chi connectivity index (χ2n) is 11.1. The predicted molar refractivity (Wildman–Crippen MR) is 152 cm³/mol. The van der Waals surface area contributed by atoms with E-state index >= 15 is 0 Å². The summed E-state index contributed by atoms with van der Waals surface area (Å²) in [7, 11) is 0. The maximum absolute atomic E-state index is 13.8. The summed E-state index contributed by atoms with van der Waals surface area (Å²) in [5.41, 5.74) is 4.26. The second kappa shape index (κ2) is 10.3. The number of rotatable bonds is 8. The van der Waals surface area contributed by atoms with Gasteiger partial charge < -0.3 is 10.1 Å². The molecular formula is C29H33ClN2O2S2. The molecule has 1 aliphatic heterocycles. The van der Waals surface area contributed by atoms with Crippen LogP contribution in [0.2, 0.25) is 5.02 Å². The average Bonchev–Trinajstić information content (AvgIpc) is 3.37. The first kappa shape index (κ1) is 24.7. The Balaban J connectivity index is 1.27. The number of nitrogens with zero attached hydrogens (tertiary/aromatic N) is 1. The number of aromatic amines is 1. The maximum Gasteiger partial charge on any atom is 0.266 e. The van der Waals surface area contributed by atoms with Gasteiger partial charge in [-0.25, -0.2) is 0 Å². The van der Waals surface area contributed by atoms with Gasteiger partial charge in [0.15, 0.2) is 0 Å². The zero-order chi connectivity index (χ0) is 24.8. The van der Waals surface area contributed by atoms with E-state index in [1.807, 2.05) is 35.2 Å². The molecule has 1 saturated heterocycles. The highest BCUT2D eigenvalue weighted by molar-refractivity contribution is 8.26. The molecule has 0 unspecified atom stereocenters. The van der Waals surface area contributed by atoms with Crippen molar-refractivity contribution in [1.29, 1.82) is 0 Å². The van der Waals surface area contributed by atoms with Crippen LogP contribution in [0.5, 0.6) is 0 Å². The van der Waals surface area contributed by atoms with Crippen molar-refractivity contribution in [3.8, 4) is 11.3 Å². The minimum Gasteiger partial charge on any atom is -0.396 e. The molecule has 0 spiro atoms. The molecule has 4 nitrogen and oxygen atoms in total. The molecule has 5 aliphatic rings. The fourth-order valence-corrected chi connectivity index (χ4v) is 8.88. The Hall–Kier alpha value is -1.60. The molecule has 2 heterocycles. The lowest BCUT2D eigenvalue weighted by atomic mass is 9.54. The standard InChI is InChI=1S/C29H33ClN2O2S2/c30-23-7-5-19(6-8-23)24-15-20(4-2-1-3-9-33)25(31-24)16-26-28(34)32(29(35)36-26)27-21-11-17-10-18(13-21)14-22(27)12-17/h5-8,15-18,21-22,27,31,33H,1-4,9-14H2/b26-16-. The van der Waals surface area contributed by atoms with Crippen LogP contribution in [0.1, 0.15) is 62.6 Å². The normalized spacial score (nSPS) is 30.2. The summed E-state index contributed by atoms with van der Waals surface area (Å²) in [6.45, 7) is 0.225. The maximum atomic E-state index is 13.8.